The first-order chi connectivity index (χ1) is 15.6. The molecule has 170 valence electrons. The van der Waals surface area contributed by atoms with E-state index >= 15 is 0 Å². The predicted molar refractivity (Wildman–Crippen MR) is 131 cm³/mol. The minimum absolute atomic E-state index is 0.0798. The summed E-state index contributed by atoms with van der Waals surface area (Å²) in [7, 11) is 1.46. The Bertz CT molecular complexity index is 1420. The summed E-state index contributed by atoms with van der Waals surface area (Å²) in [6.45, 7) is 8.26. The molecule has 1 N–H and O–H groups in total. The van der Waals surface area contributed by atoms with E-state index < -0.39 is 5.82 Å². The Balaban J connectivity index is 2.01. The molecule has 0 aliphatic rings. The van der Waals surface area contributed by atoms with Crippen LogP contribution in [0.3, 0.4) is 0 Å². The number of pyridine rings is 1. The number of aromatic amines is 1. The van der Waals surface area contributed by atoms with E-state index in [0.717, 1.165) is 11.1 Å². The lowest BCUT2D eigenvalue weighted by Crippen LogP contribution is -2.13. The second-order valence-corrected chi connectivity index (χ2v) is 9.38. The van der Waals surface area contributed by atoms with E-state index in [9.17, 15) is 9.18 Å². The summed E-state index contributed by atoms with van der Waals surface area (Å²) in [4.78, 5) is 16.3. The highest BCUT2D eigenvalue weighted by atomic mass is 35.5. The number of nitrogens with one attached hydrogen (secondary N) is 1. The van der Waals surface area contributed by atoms with E-state index in [4.69, 9.17) is 21.1 Å². The number of methoxy groups -OCH3 is 1. The van der Waals surface area contributed by atoms with Gasteiger partial charge in [-0.3, -0.25) is 4.79 Å². The molecule has 4 nitrogen and oxygen atoms in total. The lowest BCUT2D eigenvalue weighted by Gasteiger charge is -2.24. The molecular weight excluding hydrogens is 441 g/mol. The normalized spacial score (nSPS) is 11.6. The number of halogens is 2. The number of rotatable bonds is 4. The summed E-state index contributed by atoms with van der Waals surface area (Å²) in [6, 6.07) is 15.3. The lowest BCUT2D eigenvalue weighted by atomic mass is 9.84. The third-order valence-electron chi connectivity index (χ3n) is 5.61. The molecule has 3 aromatic carbocycles. The van der Waals surface area contributed by atoms with Crippen LogP contribution in [0.4, 0.5) is 4.39 Å². The van der Waals surface area contributed by atoms with Gasteiger partial charge in [-0.2, -0.15) is 0 Å². The van der Waals surface area contributed by atoms with Crippen LogP contribution in [0.1, 0.15) is 31.9 Å². The first-order valence-corrected chi connectivity index (χ1v) is 11.0. The van der Waals surface area contributed by atoms with Crippen LogP contribution in [0, 0.1) is 12.7 Å². The van der Waals surface area contributed by atoms with Crippen LogP contribution in [0.25, 0.3) is 22.2 Å². The number of hydrogen-bond donors (Lipinski definition) is 1. The fraction of sp³-hybridized carbons (Fsp3) is 0.222. The van der Waals surface area contributed by atoms with Gasteiger partial charge in [-0.25, -0.2) is 4.39 Å². The van der Waals surface area contributed by atoms with E-state index in [1.54, 1.807) is 12.1 Å². The molecule has 0 saturated heterocycles. The lowest BCUT2D eigenvalue weighted by molar-refractivity contribution is 0.375. The van der Waals surface area contributed by atoms with Crippen molar-refractivity contribution in [2.45, 2.75) is 33.1 Å². The molecule has 0 unspecified atom stereocenters. The maximum absolute atomic E-state index is 13.8. The van der Waals surface area contributed by atoms with Crippen LogP contribution in [0.15, 0.2) is 59.4 Å². The fourth-order valence-electron chi connectivity index (χ4n) is 3.82. The van der Waals surface area contributed by atoms with Crippen LogP contribution in [0.5, 0.6) is 17.2 Å². The maximum atomic E-state index is 13.8. The Morgan fingerprint density at radius 2 is 1.70 bits per heavy atom. The Hall–Kier alpha value is -3.31. The van der Waals surface area contributed by atoms with Crippen molar-refractivity contribution >= 4 is 22.5 Å². The molecule has 0 atom stereocenters. The molecule has 33 heavy (non-hydrogen) atoms. The fourth-order valence-corrected chi connectivity index (χ4v) is 4.06. The summed E-state index contributed by atoms with van der Waals surface area (Å²) in [5.41, 5.74) is 3.30. The summed E-state index contributed by atoms with van der Waals surface area (Å²) >= 11 is 6.59. The van der Waals surface area contributed by atoms with Gasteiger partial charge in [-0.05, 0) is 53.8 Å². The van der Waals surface area contributed by atoms with Crippen LogP contribution >= 0.6 is 11.6 Å². The number of H-pyrrole nitrogens is 1. The van der Waals surface area contributed by atoms with Gasteiger partial charge < -0.3 is 14.5 Å². The minimum Gasteiger partial charge on any atom is -0.493 e. The highest BCUT2D eigenvalue weighted by Crippen LogP contribution is 2.43. The number of hydrogen-bond acceptors (Lipinski definition) is 3. The molecule has 0 saturated carbocycles. The van der Waals surface area contributed by atoms with Crippen molar-refractivity contribution in [3.8, 4) is 28.5 Å². The minimum atomic E-state index is -0.430. The number of aromatic nitrogens is 1. The van der Waals surface area contributed by atoms with Gasteiger partial charge in [0.1, 0.15) is 16.6 Å². The molecule has 0 aliphatic carbocycles. The summed E-state index contributed by atoms with van der Waals surface area (Å²) in [5, 5.41) is 0.592. The van der Waals surface area contributed by atoms with Crippen LogP contribution < -0.4 is 14.9 Å². The van der Waals surface area contributed by atoms with Gasteiger partial charge >= 0.3 is 0 Å². The molecule has 0 bridgehead atoms. The van der Waals surface area contributed by atoms with E-state index in [-0.39, 0.29) is 21.6 Å². The van der Waals surface area contributed by atoms with Gasteiger partial charge in [0.2, 0.25) is 5.43 Å². The third kappa shape index (κ3) is 4.33. The number of ether oxygens (including phenoxy) is 2. The van der Waals surface area contributed by atoms with Gasteiger partial charge in [0.15, 0.2) is 11.5 Å². The largest absolute Gasteiger partial charge is 0.493 e. The van der Waals surface area contributed by atoms with Gasteiger partial charge in [0, 0.05) is 22.5 Å². The summed E-state index contributed by atoms with van der Waals surface area (Å²) < 4.78 is 25.4. The third-order valence-corrected chi connectivity index (χ3v) is 5.97. The van der Waals surface area contributed by atoms with E-state index in [1.165, 1.54) is 25.3 Å². The molecular formula is C27H25ClFNO3. The van der Waals surface area contributed by atoms with E-state index in [0.29, 0.717) is 33.7 Å². The molecule has 0 aliphatic heterocycles. The standard InChI is InChI=1S/C27H25ClFNO3/c1-15-12-16(27(2,3)4)13-22(33-20-11-10-17(29)14-21(20)32-5)23(15)25-24(28)26(31)18-8-6-7-9-19(18)30-25/h6-14H,1-5H3,(H,30,31). The Kier molecular flexibility index (Phi) is 5.93. The molecule has 0 amide bonds. The predicted octanol–water partition coefficient (Wildman–Crippen LogP) is 7.39. The van der Waals surface area contributed by atoms with Gasteiger partial charge in [-0.1, -0.05) is 50.6 Å². The van der Waals surface area contributed by atoms with Crippen molar-refractivity contribution in [3.63, 3.8) is 0 Å². The quantitative estimate of drug-likeness (QED) is 0.341. The Morgan fingerprint density at radius 3 is 2.39 bits per heavy atom. The van der Waals surface area contributed by atoms with Gasteiger partial charge in [-0.15, -0.1) is 0 Å². The van der Waals surface area contributed by atoms with Crippen molar-refractivity contribution in [1.82, 2.24) is 4.98 Å². The molecule has 0 radical (unpaired) electrons. The number of aryl methyl sites for hydroxylation is 1. The molecule has 0 spiro atoms. The van der Waals surface area contributed by atoms with Crippen molar-refractivity contribution < 1.29 is 13.9 Å². The number of fused-ring (bicyclic) bond motifs is 1. The zero-order valence-electron chi connectivity index (χ0n) is 19.2. The van der Waals surface area contributed by atoms with Crippen molar-refractivity contribution in [1.29, 1.82) is 0 Å². The number of benzene rings is 3. The first kappa shape index (κ1) is 22.9. The van der Waals surface area contributed by atoms with Crippen LogP contribution in [-0.2, 0) is 5.41 Å². The summed E-state index contributed by atoms with van der Waals surface area (Å²) in [5.74, 6) is 0.668. The molecule has 4 aromatic rings. The van der Waals surface area contributed by atoms with Crippen molar-refractivity contribution in [2.75, 3.05) is 7.11 Å². The average Bonchev–Trinajstić information content (AvgIpc) is 2.77. The van der Waals surface area contributed by atoms with Crippen LogP contribution in [0.2, 0.25) is 5.02 Å². The highest BCUT2D eigenvalue weighted by molar-refractivity contribution is 6.33. The second-order valence-electron chi connectivity index (χ2n) is 9.00. The van der Waals surface area contributed by atoms with Gasteiger partial charge in [0.25, 0.3) is 0 Å². The van der Waals surface area contributed by atoms with Crippen LogP contribution in [-0.4, -0.2) is 12.1 Å². The Labute approximate surface area is 196 Å². The zero-order valence-corrected chi connectivity index (χ0v) is 19.9. The maximum Gasteiger partial charge on any atom is 0.208 e. The van der Waals surface area contributed by atoms with Gasteiger partial charge in [0.05, 0.1) is 12.8 Å². The zero-order chi connectivity index (χ0) is 23.9. The van der Waals surface area contributed by atoms with E-state index in [1.807, 2.05) is 25.1 Å². The van der Waals surface area contributed by atoms with E-state index in [2.05, 4.69) is 31.8 Å². The second kappa shape index (κ2) is 8.56. The molecule has 1 heterocycles. The smallest absolute Gasteiger partial charge is 0.208 e. The SMILES string of the molecule is COc1cc(F)ccc1Oc1cc(C(C)(C)C)cc(C)c1-c1[nH]c2ccccc2c(=O)c1Cl. The molecule has 4 rings (SSSR count). The molecule has 0 fully saturated rings. The summed E-state index contributed by atoms with van der Waals surface area (Å²) in [6.07, 6.45) is 0. The highest BCUT2D eigenvalue weighted by Gasteiger charge is 2.23. The van der Waals surface area contributed by atoms with Crippen molar-refractivity contribution in [3.05, 3.63) is 86.8 Å². The number of para-hydroxylation sites is 1. The molecule has 1 aromatic heterocycles. The first-order valence-electron chi connectivity index (χ1n) is 10.6. The topological polar surface area (TPSA) is 51.3 Å². The molecule has 6 heteroatoms. The monoisotopic (exact) mass is 465 g/mol. The van der Waals surface area contributed by atoms with Crippen molar-refractivity contribution in [2.24, 2.45) is 0 Å². The average molecular weight is 466 g/mol. The Morgan fingerprint density at radius 1 is 0.970 bits per heavy atom.